The van der Waals surface area contributed by atoms with Gasteiger partial charge in [-0.25, -0.2) is 8.42 Å². The van der Waals surface area contributed by atoms with Gasteiger partial charge in [0.1, 0.15) is 5.75 Å². The van der Waals surface area contributed by atoms with E-state index >= 15 is 0 Å². The molecule has 1 aliphatic rings. The number of hydrogen-bond acceptors (Lipinski definition) is 6. The van der Waals surface area contributed by atoms with Crippen LogP contribution in [0.15, 0.2) is 47.6 Å². The maximum atomic E-state index is 13.1. The van der Waals surface area contributed by atoms with Gasteiger partial charge in [0.2, 0.25) is 10.0 Å². The molecule has 2 heterocycles. The summed E-state index contributed by atoms with van der Waals surface area (Å²) in [5, 5.41) is 11.4. The monoisotopic (exact) mass is 363 g/mol. The first kappa shape index (κ1) is 17.3. The molecule has 0 radical (unpaired) electrons. The molecule has 132 valence electrons. The maximum absolute atomic E-state index is 13.1. The van der Waals surface area contributed by atoms with Gasteiger partial charge in [0.25, 0.3) is 5.69 Å². The van der Waals surface area contributed by atoms with Crippen molar-refractivity contribution in [2.24, 2.45) is 0 Å². The van der Waals surface area contributed by atoms with Crippen LogP contribution in [0.2, 0.25) is 0 Å². The molecule has 1 saturated heterocycles. The first-order valence-electron chi connectivity index (χ1n) is 7.69. The second kappa shape index (κ2) is 6.77. The summed E-state index contributed by atoms with van der Waals surface area (Å²) in [6.07, 6.45) is 4.57. The Morgan fingerprint density at radius 1 is 1.36 bits per heavy atom. The highest BCUT2D eigenvalue weighted by molar-refractivity contribution is 7.89. The lowest BCUT2D eigenvalue weighted by molar-refractivity contribution is -0.387. The van der Waals surface area contributed by atoms with Gasteiger partial charge in [-0.15, -0.1) is 0 Å². The lowest BCUT2D eigenvalue weighted by atomic mass is 10.1. The van der Waals surface area contributed by atoms with Gasteiger partial charge in [0.15, 0.2) is 4.90 Å². The molecule has 1 aromatic heterocycles. The maximum Gasteiger partial charge on any atom is 0.293 e. The smallest absolute Gasteiger partial charge is 0.293 e. The second-order valence-corrected chi connectivity index (χ2v) is 7.51. The summed E-state index contributed by atoms with van der Waals surface area (Å²) in [4.78, 5) is 14.4. The third-order valence-corrected chi connectivity index (χ3v) is 6.18. The Morgan fingerprint density at radius 2 is 2.16 bits per heavy atom. The highest BCUT2D eigenvalue weighted by Gasteiger charge is 2.39. The number of aromatic nitrogens is 1. The second-order valence-electron chi connectivity index (χ2n) is 5.65. The summed E-state index contributed by atoms with van der Waals surface area (Å²) in [5.41, 5.74) is 0.288. The molecule has 0 N–H and O–H groups in total. The van der Waals surface area contributed by atoms with Crippen LogP contribution in [0.5, 0.6) is 5.75 Å². The summed E-state index contributed by atoms with van der Waals surface area (Å²) < 4.78 is 32.5. The number of ether oxygens (including phenoxy) is 1. The zero-order valence-corrected chi connectivity index (χ0v) is 14.3. The first-order valence-corrected chi connectivity index (χ1v) is 9.13. The topological polar surface area (TPSA) is 103 Å². The van der Waals surface area contributed by atoms with Gasteiger partial charge in [-0.1, -0.05) is 6.07 Å². The molecular formula is C16H17N3O5S. The van der Waals surface area contributed by atoms with Gasteiger partial charge in [0.05, 0.1) is 24.1 Å². The van der Waals surface area contributed by atoms with Crippen LogP contribution in [0.25, 0.3) is 0 Å². The molecule has 0 saturated carbocycles. The van der Waals surface area contributed by atoms with E-state index in [2.05, 4.69) is 4.98 Å². The van der Waals surface area contributed by atoms with E-state index in [0.717, 1.165) is 11.6 Å². The molecule has 0 spiro atoms. The van der Waals surface area contributed by atoms with Crippen LogP contribution in [0.4, 0.5) is 5.69 Å². The van der Waals surface area contributed by atoms with Crippen molar-refractivity contribution >= 4 is 15.7 Å². The molecule has 0 bridgehead atoms. The van der Waals surface area contributed by atoms with Crippen LogP contribution >= 0.6 is 0 Å². The highest BCUT2D eigenvalue weighted by atomic mass is 32.2. The molecule has 3 rings (SSSR count). The molecule has 8 nitrogen and oxygen atoms in total. The molecule has 1 fully saturated rings. The molecular weight excluding hydrogens is 346 g/mol. The number of sulfonamides is 1. The molecule has 1 aliphatic heterocycles. The number of nitro benzene ring substituents is 1. The molecule has 0 amide bonds. The first-order chi connectivity index (χ1) is 11.9. The van der Waals surface area contributed by atoms with Crippen molar-refractivity contribution in [3.8, 4) is 5.75 Å². The SMILES string of the molecule is COc1ccc(S(=O)(=O)N2CCC[C@H]2c2cccnc2)c([N+](=O)[O-])c1. The quantitative estimate of drug-likeness (QED) is 0.597. The van der Waals surface area contributed by atoms with Gasteiger partial charge in [-0.05, 0) is 36.6 Å². The summed E-state index contributed by atoms with van der Waals surface area (Å²) in [6, 6.07) is 6.95. The fourth-order valence-electron chi connectivity index (χ4n) is 3.05. The van der Waals surface area contributed by atoms with Crippen LogP contribution in [0, 0.1) is 10.1 Å². The number of pyridine rings is 1. The molecule has 25 heavy (non-hydrogen) atoms. The zero-order valence-electron chi connectivity index (χ0n) is 13.5. The lowest BCUT2D eigenvalue weighted by Crippen LogP contribution is -2.31. The normalized spacial score (nSPS) is 18.2. The minimum atomic E-state index is -4.03. The van der Waals surface area contributed by atoms with E-state index in [-0.39, 0.29) is 16.7 Å². The number of methoxy groups -OCH3 is 1. The van der Waals surface area contributed by atoms with Crippen molar-refractivity contribution in [1.29, 1.82) is 0 Å². The van der Waals surface area contributed by atoms with E-state index in [1.165, 1.54) is 23.5 Å². The van der Waals surface area contributed by atoms with Crippen LogP contribution in [0.1, 0.15) is 24.4 Å². The Kier molecular flexibility index (Phi) is 4.69. The highest BCUT2D eigenvalue weighted by Crippen LogP contribution is 2.39. The van der Waals surface area contributed by atoms with E-state index in [9.17, 15) is 18.5 Å². The predicted molar refractivity (Wildman–Crippen MR) is 89.8 cm³/mol. The van der Waals surface area contributed by atoms with Gasteiger partial charge in [0, 0.05) is 18.9 Å². The largest absolute Gasteiger partial charge is 0.497 e. The average Bonchev–Trinajstić information content (AvgIpc) is 3.12. The van der Waals surface area contributed by atoms with Gasteiger partial charge in [-0.3, -0.25) is 15.1 Å². The Bertz CT molecular complexity index is 886. The van der Waals surface area contributed by atoms with E-state index in [4.69, 9.17) is 4.74 Å². The number of benzene rings is 1. The van der Waals surface area contributed by atoms with E-state index in [1.54, 1.807) is 18.5 Å². The number of hydrogen-bond donors (Lipinski definition) is 0. The molecule has 1 aromatic carbocycles. The van der Waals surface area contributed by atoms with Crippen molar-refractivity contribution in [1.82, 2.24) is 9.29 Å². The van der Waals surface area contributed by atoms with Crippen molar-refractivity contribution in [2.75, 3.05) is 13.7 Å². The third-order valence-electron chi connectivity index (χ3n) is 4.22. The lowest BCUT2D eigenvalue weighted by Gasteiger charge is -2.24. The number of rotatable bonds is 5. The molecule has 9 heteroatoms. The van der Waals surface area contributed by atoms with Gasteiger partial charge in [-0.2, -0.15) is 4.31 Å². The number of nitrogens with zero attached hydrogens (tertiary/aromatic N) is 3. The fourth-order valence-corrected chi connectivity index (χ4v) is 4.87. The Hall–Kier alpha value is -2.52. The van der Waals surface area contributed by atoms with Crippen molar-refractivity contribution in [2.45, 2.75) is 23.8 Å². The molecule has 0 unspecified atom stereocenters. The van der Waals surface area contributed by atoms with Gasteiger partial charge >= 0.3 is 0 Å². The Labute approximate surface area is 145 Å². The van der Waals surface area contributed by atoms with Crippen LogP contribution in [-0.4, -0.2) is 36.3 Å². The van der Waals surface area contributed by atoms with Gasteiger partial charge < -0.3 is 4.74 Å². The third kappa shape index (κ3) is 3.20. The summed E-state index contributed by atoms with van der Waals surface area (Å²) in [5.74, 6) is 0.232. The van der Waals surface area contributed by atoms with Crippen LogP contribution in [0.3, 0.4) is 0 Å². The van der Waals surface area contributed by atoms with E-state index in [1.807, 2.05) is 6.07 Å². The van der Waals surface area contributed by atoms with Crippen LogP contribution in [-0.2, 0) is 10.0 Å². The molecule has 1 atom stereocenters. The van der Waals surface area contributed by atoms with Crippen molar-refractivity contribution in [3.05, 3.63) is 58.4 Å². The minimum Gasteiger partial charge on any atom is -0.497 e. The number of nitro groups is 1. The zero-order chi connectivity index (χ0) is 18.0. The molecule has 2 aromatic rings. The van der Waals surface area contributed by atoms with Crippen molar-refractivity contribution in [3.63, 3.8) is 0 Å². The minimum absolute atomic E-state index is 0.232. The predicted octanol–water partition coefficient (Wildman–Crippen LogP) is 2.52. The Morgan fingerprint density at radius 3 is 2.80 bits per heavy atom. The van der Waals surface area contributed by atoms with E-state index < -0.39 is 20.6 Å². The Balaban J connectivity index is 2.06. The summed E-state index contributed by atoms with van der Waals surface area (Å²) in [6.45, 7) is 0.311. The average molecular weight is 363 g/mol. The van der Waals surface area contributed by atoms with Crippen LogP contribution < -0.4 is 4.74 Å². The summed E-state index contributed by atoms with van der Waals surface area (Å²) in [7, 11) is -2.66. The summed E-state index contributed by atoms with van der Waals surface area (Å²) >= 11 is 0. The standard InChI is InChI=1S/C16H17N3O5S/c1-24-13-6-7-16(15(10-13)19(20)21)25(22,23)18-9-3-5-14(18)12-4-2-8-17-11-12/h2,4,6-8,10-11,14H,3,5,9H2,1H3/t14-/m0/s1. The van der Waals surface area contributed by atoms with E-state index in [0.29, 0.717) is 19.4 Å². The van der Waals surface area contributed by atoms with Crippen molar-refractivity contribution < 1.29 is 18.1 Å². The molecule has 0 aliphatic carbocycles. The fraction of sp³-hybridized carbons (Fsp3) is 0.312.